The smallest absolute Gasteiger partial charge is 0.341 e. The molecule has 0 spiro atoms. The number of pyridine rings is 1. The molecule has 0 aliphatic carbocycles. The minimum Gasteiger partial charge on any atom is -0.479 e. The highest BCUT2D eigenvalue weighted by atomic mass is 19.1. The van der Waals surface area contributed by atoms with E-state index in [1.54, 1.807) is 4.57 Å². The standard InChI is InChI=1S/C22H19FN2O4/c23-16-10-14-18-21(19(16)24-8-4-5-9-24)29-17(13-6-2-1-3-7-13)12-25(18)11-15(20(14)26)22(27)28/h1-3,6-7,10-11,17H,4-5,8-9,12H2,(H,27,28). The van der Waals surface area contributed by atoms with Gasteiger partial charge in [-0.15, -0.1) is 0 Å². The van der Waals surface area contributed by atoms with Crippen molar-refractivity contribution in [2.45, 2.75) is 25.5 Å². The van der Waals surface area contributed by atoms with Gasteiger partial charge in [-0.2, -0.15) is 0 Å². The second kappa shape index (κ2) is 6.62. The highest BCUT2D eigenvalue weighted by Crippen LogP contribution is 2.44. The van der Waals surface area contributed by atoms with Crippen LogP contribution in [0.25, 0.3) is 10.9 Å². The summed E-state index contributed by atoms with van der Waals surface area (Å²) in [5.41, 5.74) is 0.643. The van der Waals surface area contributed by atoms with E-state index in [9.17, 15) is 14.7 Å². The highest BCUT2D eigenvalue weighted by Gasteiger charge is 2.32. The zero-order valence-electron chi connectivity index (χ0n) is 15.6. The molecule has 1 fully saturated rings. The highest BCUT2D eigenvalue weighted by molar-refractivity contribution is 5.97. The SMILES string of the molecule is O=C(O)c1cn2c3c(c(N4CCCC4)c(F)cc3c1=O)OC(c1ccccc1)C2. The number of carboxylic acid groups (broad SMARTS) is 1. The third-order valence-corrected chi connectivity index (χ3v) is 5.69. The molecule has 1 saturated heterocycles. The monoisotopic (exact) mass is 394 g/mol. The summed E-state index contributed by atoms with van der Waals surface area (Å²) in [6, 6.07) is 10.7. The van der Waals surface area contributed by atoms with Crippen molar-refractivity contribution in [2.24, 2.45) is 0 Å². The Morgan fingerprint density at radius 2 is 1.90 bits per heavy atom. The number of hydrogen-bond acceptors (Lipinski definition) is 4. The normalized spacial score (nSPS) is 18.1. The Morgan fingerprint density at radius 3 is 2.59 bits per heavy atom. The molecule has 5 rings (SSSR count). The number of ether oxygens (including phenoxy) is 1. The summed E-state index contributed by atoms with van der Waals surface area (Å²) >= 11 is 0. The van der Waals surface area contributed by atoms with Crippen molar-refractivity contribution < 1.29 is 19.0 Å². The molecule has 2 aliphatic heterocycles. The van der Waals surface area contributed by atoms with Crippen LogP contribution in [0, 0.1) is 5.82 Å². The first-order chi connectivity index (χ1) is 14.0. The molecule has 1 aromatic heterocycles. The number of anilines is 1. The lowest BCUT2D eigenvalue weighted by atomic mass is 10.0. The first kappa shape index (κ1) is 17.7. The number of carboxylic acids is 1. The number of hydrogen-bond donors (Lipinski definition) is 1. The lowest BCUT2D eigenvalue weighted by molar-refractivity contribution is 0.0694. The Kier molecular flexibility index (Phi) is 4.04. The van der Waals surface area contributed by atoms with Crippen LogP contribution in [0.1, 0.15) is 34.9 Å². The van der Waals surface area contributed by atoms with Crippen LogP contribution in [-0.4, -0.2) is 28.7 Å². The van der Waals surface area contributed by atoms with Crippen molar-refractivity contribution in [3.05, 3.63) is 69.8 Å². The zero-order valence-corrected chi connectivity index (χ0v) is 15.6. The number of aromatic carboxylic acids is 1. The average Bonchev–Trinajstić information content (AvgIpc) is 3.24. The summed E-state index contributed by atoms with van der Waals surface area (Å²) in [6.07, 6.45) is 2.85. The Labute approximate surface area is 165 Å². The van der Waals surface area contributed by atoms with Gasteiger partial charge >= 0.3 is 5.97 Å². The van der Waals surface area contributed by atoms with Crippen molar-refractivity contribution >= 4 is 22.6 Å². The molecule has 1 N–H and O–H groups in total. The first-order valence-electron chi connectivity index (χ1n) is 9.64. The number of nitrogens with zero attached hydrogens (tertiary/aromatic N) is 2. The predicted molar refractivity (Wildman–Crippen MR) is 106 cm³/mol. The van der Waals surface area contributed by atoms with Crippen molar-refractivity contribution in [1.82, 2.24) is 4.57 Å². The Balaban J connectivity index is 1.80. The van der Waals surface area contributed by atoms with Gasteiger partial charge in [-0.3, -0.25) is 4.79 Å². The van der Waals surface area contributed by atoms with Gasteiger partial charge in [0.25, 0.3) is 0 Å². The van der Waals surface area contributed by atoms with E-state index in [-0.39, 0.29) is 10.9 Å². The lowest BCUT2D eigenvalue weighted by Crippen LogP contribution is -2.29. The van der Waals surface area contributed by atoms with Gasteiger partial charge in [-0.25, -0.2) is 9.18 Å². The van der Waals surface area contributed by atoms with E-state index in [1.807, 2.05) is 35.2 Å². The van der Waals surface area contributed by atoms with Gasteiger partial charge < -0.3 is 19.3 Å². The van der Waals surface area contributed by atoms with Gasteiger partial charge in [0.15, 0.2) is 11.6 Å². The number of benzene rings is 2. The second-order valence-electron chi connectivity index (χ2n) is 7.47. The average molecular weight is 394 g/mol. The molecule has 3 aromatic rings. The van der Waals surface area contributed by atoms with Gasteiger partial charge in [0, 0.05) is 19.3 Å². The number of rotatable bonds is 3. The van der Waals surface area contributed by atoms with Crippen molar-refractivity contribution in [3.63, 3.8) is 0 Å². The van der Waals surface area contributed by atoms with Crippen LogP contribution < -0.4 is 15.1 Å². The third kappa shape index (κ3) is 2.76. The van der Waals surface area contributed by atoms with E-state index >= 15 is 4.39 Å². The van der Waals surface area contributed by atoms with Crippen molar-refractivity contribution in [3.8, 4) is 5.75 Å². The summed E-state index contributed by atoms with van der Waals surface area (Å²) < 4.78 is 23.2. The Hall–Kier alpha value is -3.35. The molecule has 2 aliphatic rings. The maximum Gasteiger partial charge on any atom is 0.341 e. The third-order valence-electron chi connectivity index (χ3n) is 5.69. The molecular formula is C22H19FN2O4. The summed E-state index contributed by atoms with van der Waals surface area (Å²) in [4.78, 5) is 26.3. The van der Waals surface area contributed by atoms with Crippen LogP contribution in [0.3, 0.4) is 0 Å². The van der Waals surface area contributed by atoms with Crippen LogP contribution in [0.5, 0.6) is 5.75 Å². The molecule has 148 valence electrons. The lowest BCUT2D eigenvalue weighted by Gasteiger charge is -2.32. The second-order valence-corrected chi connectivity index (χ2v) is 7.47. The first-order valence-corrected chi connectivity index (χ1v) is 9.64. The van der Waals surface area contributed by atoms with E-state index in [1.165, 1.54) is 6.20 Å². The van der Waals surface area contributed by atoms with E-state index < -0.39 is 23.3 Å². The number of halogens is 1. The summed E-state index contributed by atoms with van der Waals surface area (Å²) in [5.74, 6) is -1.57. The topological polar surface area (TPSA) is 71.8 Å². The van der Waals surface area contributed by atoms with Crippen molar-refractivity contribution in [2.75, 3.05) is 18.0 Å². The predicted octanol–water partition coefficient (Wildman–Crippen LogP) is 3.57. The molecule has 0 amide bonds. The maximum atomic E-state index is 15.2. The largest absolute Gasteiger partial charge is 0.479 e. The summed E-state index contributed by atoms with van der Waals surface area (Å²) in [7, 11) is 0. The van der Waals surface area contributed by atoms with E-state index in [2.05, 4.69) is 0 Å². The Bertz CT molecular complexity index is 1180. The summed E-state index contributed by atoms with van der Waals surface area (Å²) in [5, 5.41) is 9.50. The fourth-order valence-corrected chi connectivity index (χ4v) is 4.33. The number of aromatic nitrogens is 1. The fraction of sp³-hybridized carbons (Fsp3) is 0.273. The van der Waals surface area contributed by atoms with E-state index in [4.69, 9.17) is 4.74 Å². The molecule has 7 heteroatoms. The maximum absolute atomic E-state index is 15.2. The van der Waals surface area contributed by atoms with Crippen LogP contribution in [0.15, 0.2) is 47.4 Å². The van der Waals surface area contributed by atoms with Crippen LogP contribution in [0.4, 0.5) is 10.1 Å². The minimum absolute atomic E-state index is 0.0341. The quantitative estimate of drug-likeness (QED) is 0.735. The molecule has 0 radical (unpaired) electrons. The minimum atomic E-state index is -1.33. The van der Waals surface area contributed by atoms with Gasteiger partial charge in [-0.05, 0) is 24.5 Å². The van der Waals surface area contributed by atoms with E-state index in [0.717, 1.165) is 24.5 Å². The molecule has 2 aromatic carbocycles. The molecule has 6 nitrogen and oxygen atoms in total. The van der Waals surface area contributed by atoms with Crippen LogP contribution in [0.2, 0.25) is 0 Å². The molecule has 29 heavy (non-hydrogen) atoms. The van der Waals surface area contributed by atoms with Crippen LogP contribution >= 0.6 is 0 Å². The molecule has 1 unspecified atom stereocenters. The van der Waals surface area contributed by atoms with Gasteiger partial charge in [0.05, 0.1) is 17.4 Å². The molecule has 0 saturated carbocycles. The van der Waals surface area contributed by atoms with Crippen molar-refractivity contribution in [1.29, 1.82) is 0 Å². The van der Waals surface area contributed by atoms with Crippen LogP contribution in [-0.2, 0) is 6.54 Å². The van der Waals surface area contributed by atoms with Gasteiger partial charge in [0.1, 0.15) is 17.4 Å². The molecule has 3 heterocycles. The van der Waals surface area contributed by atoms with E-state index in [0.29, 0.717) is 36.6 Å². The Morgan fingerprint density at radius 1 is 1.17 bits per heavy atom. The fourth-order valence-electron chi connectivity index (χ4n) is 4.33. The molecule has 0 bridgehead atoms. The van der Waals surface area contributed by atoms with Gasteiger partial charge in [-0.1, -0.05) is 30.3 Å². The van der Waals surface area contributed by atoms with Gasteiger partial charge in [0.2, 0.25) is 5.43 Å². The number of carbonyl (C=O) groups is 1. The molecular weight excluding hydrogens is 375 g/mol. The summed E-state index contributed by atoms with van der Waals surface area (Å²) in [6.45, 7) is 1.76. The zero-order chi connectivity index (χ0) is 20.1. The molecule has 1 atom stereocenters.